The molecule has 0 aliphatic heterocycles. The molecule has 1 aromatic rings. The third kappa shape index (κ3) is 4.29. The monoisotopic (exact) mass is 308 g/mol. The van der Waals surface area contributed by atoms with E-state index in [0.717, 1.165) is 12.5 Å². The summed E-state index contributed by atoms with van der Waals surface area (Å²) in [5, 5.41) is 5.34. The molecular formula is C18H32N2S. The molecule has 2 nitrogen and oxygen atoms in total. The van der Waals surface area contributed by atoms with E-state index in [9.17, 15) is 0 Å². The zero-order chi connectivity index (χ0) is 15.6. The van der Waals surface area contributed by atoms with Gasteiger partial charge in [-0.2, -0.15) is 0 Å². The molecule has 2 rings (SSSR count). The summed E-state index contributed by atoms with van der Waals surface area (Å²) in [5.74, 6) is 1.37. The molecule has 21 heavy (non-hydrogen) atoms. The van der Waals surface area contributed by atoms with Gasteiger partial charge in [-0.05, 0) is 50.9 Å². The second kappa shape index (κ2) is 6.78. The third-order valence-electron chi connectivity index (χ3n) is 4.21. The summed E-state index contributed by atoms with van der Waals surface area (Å²) >= 11 is 1.93. The molecule has 1 aliphatic rings. The number of aryl methyl sites for hydroxylation is 2. The molecule has 1 N–H and O–H groups in total. The van der Waals surface area contributed by atoms with Gasteiger partial charge in [0.2, 0.25) is 0 Å². The molecule has 3 heteroatoms. The first-order valence-corrected chi connectivity index (χ1v) is 9.42. The summed E-state index contributed by atoms with van der Waals surface area (Å²) in [6.07, 6.45) is 6.10. The van der Waals surface area contributed by atoms with Crippen LogP contribution in [0.15, 0.2) is 0 Å². The Labute approximate surface area is 134 Å². The average Bonchev–Trinajstić information content (AvgIpc) is 3.07. The van der Waals surface area contributed by atoms with E-state index in [1.807, 2.05) is 11.3 Å². The predicted molar refractivity (Wildman–Crippen MR) is 93.0 cm³/mol. The molecule has 0 amide bonds. The summed E-state index contributed by atoms with van der Waals surface area (Å²) in [6, 6.07) is 0.719. The molecule has 0 unspecified atom stereocenters. The van der Waals surface area contributed by atoms with E-state index < -0.39 is 0 Å². The SMILES string of the molecule is CCc1nc(C(CC(C)C)(CC(C)C)NC2CC2)sc1C. The molecule has 0 bridgehead atoms. The van der Waals surface area contributed by atoms with Crippen LogP contribution in [0.2, 0.25) is 0 Å². The maximum absolute atomic E-state index is 5.04. The van der Waals surface area contributed by atoms with Gasteiger partial charge < -0.3 is 5.32 Å². The van der Waals surface area contributed by atoms with Crippen molar-refractivity contribution >= 4 is 11.3 Å². The summed E-state index contributed by atoms with van der Waals surface area (Å²) < 4.78 is 0. The smallest absolute Gasteiger partial charge is 0.113 e. The lowest BCUT2D eigenvalue weighted by molar-refractivity contribution is 0.220. The molecule has 1 fully saturated rings. The maximum Gasteiger partial charge on any atom is 0.113 e. The molecule has 0 saturated heterocycles. The highest BCUT2D eigenvalue weighted by atomic mass is 32.1. The lowest BCUT2D eigenvalue weighted by Gasteiger charge is -2.36. The van der Waals surface area contributed by atoms with Crippen molar-refractivity contribution in [2.24, 2.45) is 11.8 Å². The quantitative estimate of drug-likeness (QED) is 0.726. The van der Waals surface area contributed by atoms with Gasteiger partial charge in [-0.3, -0.25) is 0 Å². The fourth-order valence-corrected chi connectivity index (χ4v) is 4.59. The van der Waals surface area contributed by atoms with Crippen LogP contribution >= 0.6 is 11.3 Å². The Hall–Kier alpha value is -0.410. The van der Waals surface area contributed by atoms with Gasteiger partial charge in [-0.1, -0.05) is 34.6 Å². The summed E-state index contributed by atoms with van der Waals surface area (Å²) in [4.78, 5) is 6.45. The summed E-state index contributed by atoms with van der Waals surface area (Å²) in [7, 11) is 0. The molecule has 0 aromatic carbocycles. The van der Waals surface area contributed by atoms with Crippen LogP contribution in [0.3, 0.4) is 0 Å². The maximum atomic E-state index is 5.04. The Morgan fingerprint density at radius 2 is 1.76 bits per heavy atom. The van der Waals surface area contributed by atoms with Crippen molar-refractivity contribution in [1.29, 1.82) is 0 Å². The number of thiazole rings is 1. The van der Waals surface area contributed by atoms with Crippen LogP contribution in [0.4, 0.5) is 0 Å². The van der Waals surface area contributed by atoms with Crippen LogP contribution in [0.25, 0.3) is 0 Å². The molecule has 1 aliphatic carbocycles. The Bertz CT molecular complexity index is 440. The van der Waals surface area contributed by atoms with Crippen LogP contribution < -0.4 is 5.32 Å². The van der Waals surface area contributed by atoms with Crippen molar-refractivity contribution in [2.75, 3.05) is 0 Å². The van der Waals surface area contributed by atoms with E-state index >= 15 is 0 Å². The van der Waals surface area contributed by atoms with Gasteiger partial charge in [-0.25, -0.2) is 4.98 Å². The largest absolute Gasteiger partial charge is 0.303 e. The summed E-state index contributed by atoms with van der Waals surface area (Å²) in [5.41, 5.74) is 1.39. The normalized spacial score (nSPS) is 16.2. The Balaban J connectivity index is 2.38. The van der Waals surface area contributed by atoms with Gasteiger partial charge in [0, 0.05) is 10.9 Å². The van der Waals surface area contributed by atoms with E-state index in [0.29, 0.717) is 11.8 Å². The highest BCUT2D eigenvalue weighted by molar-refractivity contribution is 7.11. The van der Waals surface area contributed by atoms with Gasteiger partial charge >= 0.3 is 0 Å². The minimum atomic E-state index is 0.0896. The zero-order valence-corrected chi connectivity index (χ0v) is 15.4. The van der Waals surface area contributed by atoms with Crippen LogP contribution in [0.1, 0.15) is 75.9 Å². The van der Waals surface area contributed by atoms with Crippen LogP contribution in [0, 0.1) is 18.8 Å². The zero-order valence-electron chi connectivity index (χ0n) is 14.6. The van der Waals surface area contributed by atoms with Crippen LogP contribution in [0.5, 0.6) is 0 Å². The number of hydrogen-bond donors (Lipinski definition) is 1. The molecule has 0 atom stereocenters. The molecular weight excluding hydrogens is 276 g/mol. The van der Waals surface area contributed by atoms with Crippen LogP contribution in [-0.2, 0) is 12.0 Å². The van der Waals surface area contributed by atoms with Gasteiger partial charge in [0.15, 0.2) is 0 Å². The molecule has 1 heterocycles. The minimum Gasteiger partial charge on any atom is -0.303 e. The fourth-order valence-electron chi connectivity index (χ4n) is 3.41. The van der Waals surface area contributed by atoms with E-state index in [4.69, 9.17) is 4.98 Å². The molecule has 0 radical (unpaired) electrons. The first-order valence-electron chi connectivity index (χ1n) is 8.60. The Kier molecular flexibility index (Phi) is 5.48. The van der Waals surface area contributed by atoms with E-state index in [1.54, 1.807) is 0 Å². The first-order chi connectivity index (χ1) is 9.86. The van der Waals surface area contributed by atoms with Gasteiger partial charge in [0.05, 0.1) is 11.2 Å². The number of aromatic nitrogens is 1. The van der Waals surface area contributed by atoms with Gasteiger partial charge in [0.1, 0.15) is 5.01 Å². The number of nitrogens with zero attached hydrogens (tertiary/aromatic N) is 1. The Morgan fingerprint density at radius 1 is 1.19 bits per heavy atom. The summed E-state index contributed by atoms with van der Waals surface area (Å²) in [6.45, 7) is 13.8. The van der Waals surface area contributed by atoms with Crippen molar-refractivity contribution in [2.45, 2.75) is 85.2 Å². The lowest BCUT2D eigenvalue weighted by Crippen LogP contribution is -2.45. The third-order valence-corrected chi connectivity index (χ3v) is 5.43. The topological polar surface area (TPSA) is 24.9 Å². The van der Waals surface area contributed by atoms with E-state index in [-0.39, 0.29) is 5.54 Å². The highest BCUT2D eigenvalue weighted by Crippen LogP contribution is 2.40. The molecule has 120 valence electrons. The van der Waals surface area contributed by atoms with Gasteiger partial charge in [0.25, 0.3) is 0 Å². The second-order valence-electron chi connectivity index (χ2n) is 7.57. The van der Waals surface area contributed by atoms with Crippen molar-refractivity contribution in [3.63, 3.8) is 0 Å². The standard InChI is InChI=1S/C18H32N2S/c1-7-16-14(6)21-17(19-16)18(10-12(2)3,11-13(4)5)20-15-8-9-15/h12-13,15,20H,7-11H2,1-6H3. The number of hydrogen-bond acceptors (Lipinski definition) is 3. The fraction of sp³-hybridized carbons (Fsp3) is 0.833. The minimum absolute atomic E-state index is 0.0896. The first kappa shape index (κ1) is 17.0. The van der Waals surface area contributed by atoms with E-state index in [2.05, 4.69) is 46.9 Å². The number of nitrogens with one attached hydrogen (secondary N) is 1. The molecule has 1 aromatic heterocycles. The van der Waals surface area contributed by atoms with E-state index in [1.165, 1.54) is 41.3 Å². The number of rotatable bonds is 8. The van der Waals surface area contributed by atoms with Crippen molar-refractivity contribution in [3.05, 3.63) is 15.6 Å². The highest BCUT2D eigenvalue weighted by Gasteiger charge is 2.41. The van der Waals surface area contributed by atoms with Crippen molar-refractivity contribution in [1.82, 2.24) is 10.3 Å². The van der Waals surface area contributed by atoms with Gasteiger partial charge in [-0.15, -0.1) is 11.3 Å². The van der Waals surface area contributed by atoms with Crippen molar-refractivity contribution in [3.8, 4) is 0 Å². The molecule has 0 spiro atoms. The Morgan fingerprint density at radius 3 is 2.14 bits per heavy atom. The predicted octanol–water partition coefficient (Wildman–Crippen LogP) is 5.05. The average molecular weight is 309 g/mol. The second-order valence-corrected chi connectivity index (χ2v) is 8.78. The molecule has 1 saturated carbocycles. The van der Waals surface area contributed by atoms with Crippen molar-refractivity contribution < 1.29 is 0 Å². The lowest BCUT2D eigenvalue weighted by atomic mass is 9.82. The van der Waals surface area contributed by atoms with Crippen LogP contribution in [-0.4, -0.2) is 11.0 Å².